The Labute approximate surface area is 203 Å². The van der Waals surface area contributed by atoms with Gasteiger partial charge in [-0.1, -0.05) is 36.4 Å². The van der Waals surface area contributed by atoms with Crippen LogP contribution >= 0.6 is 0 Å². The third-order valence-electron chi connectivity index (χ3n) is 3.36. The quantitative estimate of drug-likeness (QED) is 0.233. The van der Waals surface area contributed by atoms with Crippen LogP contribution < -0.4 is 0 Å². The highest BCUT2D eigenvalue weighted by Gasteiger charge is 2.10. The zero-order valence-corrected chi connectivity index (χ0v) is 18.5. The van der Waals surface area contributed by atoms with E-state index in [0.717, 1.165) is 0 Å². The first kappa shape index (κ1) is 30.9. The Hall–Kier alpha value is -5.14. The van der Waals surface area contributed by atoms with E-state index in [1.807, 2.05) is 0 Å². The van der Waals surface area contributed by atoms with Crippen molar-refractivity contribution in [3.05, 3.63) is 71.8 Å². The molecule has 36 heavy (non-hydrogen) atoms. The Morgan fingerprint density at radius 1 is 0.528 bits per heavy atom. The average molecular weight is 510 g/mol. The Morgan fingerprint density at radius 2 is 0.833 bits per heavy atom. The van der Waals surface area contributed by atoms with Gasteiger partial charge in [0, 0.05) is 0 Å². The molecule has 0 aliphatic carbocycles. The van der Waals surface area contributed by atoms with Crippen molar-refractivity contribution in [3.8, 4) is 0 Å². The molecule has 0 fully saturated rings. The third-order valence-corrected chi connectivity index (χ3v) is 3.36. The van der Waals surface area contributed by atoms with Crippen LogP contribution in [0.15, 0.2) is 60.7 Å². The summed E-state index contributed by atoms with van der Waals surface area (Å²) in [4.78, 5) is 61.2. The van der Waals surface area contributed by atoms with Crippen LogP contribution in [-0.2, 0) is 18.9 Å². The van der Waals surface area contributed by atoms with Crippen molar-refractivity contribution < 1.29 is 68.1 Å². The summed E-state index contributed by atoms with van der Waals surface area (Å²) in [6.07, 6.45) is -5.74. The van der Waals surface area contributed by atoms with Gasteiger partial charge in [-0.15, -0.1) is 0 Å². The number of carboxylic acids is 2. The highest BCUT2D eigenvalue weighted by molar-refractivity contribution is 5.87. The molecular formula is C22H22O14. The van der Waals surface area contributed by atoms with Gasteiger partial charge in [-0.05, 0) is 37.1 Å². The maximum atomic E-state index is 10.5. The monoisotopic (exact) mass is 510 g/mol. The smallest absolute Gasteiger partial charge is 0.478 e. The summed E-state index contributed by atoms with van der Waals surface area (Å²) < 4.78 is 15.9. The van der Waals surface area contributed by atoms with E-state index in [-0.39, 0.29) is 26.1 Å². The minimum Gasteiger partial charge on any atom is -0.478 e. The van der Waals surface area contributed by atoms with Gasteiger partial charge in [0.1, 0.15) is 0 Å². The lowest BCUT2D eigenvalue weighted by Gasteiger charge is -2.03. The number of rotatable bonds is 7. The standard InChI is InChI=1S/C8H10O10.2C7H6O2/c9-5(10)17-7(13)15-3-1-2-4-16-8(14)18-6(11)12;2*8-7(9)6-4-2-1-3-5-6/h1-4H2,(H,9,10)(H,11,12);2*1-5H,(H,8,9). The van der Waals surface area contributed by atoms with Gasteiger partial charge in [-0.2, -0.15) is 0 Å². The molecule has 194 valence electrons. The maximum absolute atomic E-state index is 10.5. The van der Waals surface area contributed by atoms with Gasteiger partial charge in [0.25, 0.3) is 0 Å². The predicted octanol–water partition coefficient (Wildman–Crippen LogP) is 4.20. The summed E-state index contributed by atoms with van der Waals surface area (Å²) in [5.41, 5.74) is 0.662. The van der Waals surface area contributed by atoms with Crippen LogP contribution in [0.3, 0.4) is 0 Å². The summed E-state index contributed by atoms with van der Waals surface area (Å²) in [6, 6.07) is 16.6. The van der Waals surface area contributed by atoms with E-state index in [2.05, 4.69) is 18.9 Å². The number of carbonyl (C=O) groups is 6. The van der Waals surface area contributed by atoms with Gasteiger partial charge in [-0.25, -0.2) is 28.8 Å². The molecule has 14 nitrogen and oxygen atoms in total. The third kappa shape index (κ3) is 17.4. The van der Waals surface area contributed by atoms with Crippen LogP contribution in [-0.4, -0.2) is 70.2 Å². The van der Waals surface area contributed by atoms with Gasteiger partial charge in [0.2, 0.25) is 0 Å². The molecule has 14 heteroatoms. The molecule has 0 unspecified atom stereocenters. The van der Waals surface area contributed by atoms with E-state index in [1.165, 1.54) is 0 Å². The molecule has 2 aromatic carbocycles. The van der Waals surface area contributed by atoms with Crippen LogP contribution in [0.5, 0.6) is 0 Å². The second kappa shape index (κ2) is 18.3. The van der Waals surface area contributed by atoms with Crippen molar-refractivity contribution in [2.45, 2.75) is 12.8 Å². The summed E-state index contributed by atoms with van der Waals surface area (Å²) in [6.45, 7) is -0.271. The number of carbonyl (C=O) groups excluding carboxylic acids is 2. The molecule has 0 atom stereocenters. The highest BCUT2D eigenvalue weighted by Crippen LogP contribution is 1.97. The van der Waals surface area contributed by atoms with Gasteiger partial charge < -0.3 is 39.4 Å². The van der Waals surface area contributed by atoms with Gasteiger partial charge in [0.05, 0.1) is 24.3 Å². The molecule has 0 heterocycles. The molecular weight excluding hydrogens is 488 g/mol. The number of hydrogen-bond donors (Lipinski definition) is 4. The van der Waals surface area contributed by atoms with Crippen molar-refractivity contribution in [1.82, 2.24) is 0 Å². The van der Waals surface area contributed by atoms with Crippen molar-refractivity contribution in [2.24, 2.45) is 0 Å². The molecule has 0 saturated heterocycles. The first-order valence-corrected chi connectivity index (χ1v) is 9.74. The van der Waals surface area contributed by atoms with Gasteiger partial charge >= 0.3 is 36.6 Å². The van der Waals surface area contributed by atoms with Crippen LogP contribution in [0.2, 0.25) is 0 Å². The molecule has 0 amide bonds. The lowest BCUT2D eigenvalue weighted by Crippen LogP contribution is -2.14. The summed E-state index contributed by atoms with van der Waals surface area (Å²) in [7, 11) is 0. The van der Waals surface area contributed by atoms with E-state index in [1.54, 1.807) is 60.7 Å². The topological polar surface area (TPSA) is 220 Å². The highest BCUT2D eigenvalue weighted by atomic mass is 16.8. The molecule has 0 aliphatic rings. The fraction of sp³-hybridized carbons (Fsp3) is 0.182. The molecule has 0 bridgehead atoms. The molecule has 0 aliphatic heterocycles. The lowest BCUT2D eigenvalue weighted by molar-refractivity contribution is 0.0442. The molecule has 4 N–H and O–H groups in total. The van der Waals surface area contributed by atoms with E-state index in [9.17, 15) is 28.8 Å². The van der Waals surface area contributed by atoms with Gasteiger partial charge in [-0.3, -0.25) is 0 Å². The van der Waals surface area contributed by atoms with Crippen molar-refractivity contribution in [2.75, 3.05) is 13.2 Å². The summed E-state index contributed by atoms with van der Waals surface area (Å²) in [5.74, 6) is -1.76. The second-order valence-electron chi connectivity index (χ2n) is 5.98. The number of benzene rings is 2. The number of unbranched alkanes of at least 4 members (excludes halogenated alkanes) is 1. The van der Waals surface area contributed by atoms with E-state index < -0.39 is 36.6 Å². The molecule has 2 aromatic rings. The Bertz CT molecular complexity index is 907. The van der Waals surface area contributed by atoms with Gasteiger partial charge in [0.15, 0.2) is 0 Å². The maximum Gasteiger partial charge on any atom is 0.518 e. The zero-order chi connectivity index (χ0) is 27.3. The molecule has 2 rings (SSSR count). The van der Waals surface area contributed by atoms with Crippen LogP contribution in [0.25, 0.3) is 0 Å². The first-order chi connectivity index (χ1) is 17.0. The predicted molar refractivity (Wildman–Crippen MR) is 117 cm³/mol. The zero-order valence-electron chi connectivity index (χ0n) is 18.5. The number of ether oxygens (including phenoxy) is 4. The minimum absolute atomic E-state index is 0.135. The lowest BCUT2D eigenvalue weighted by atomic mass is 10.2. The number of hydrogen-bond acceptors (Lipinski definition) is 10. The van der Waals surface area contributed by atoms with E-state index in [4.69, 9.17) is 20.4 Å². The van der Waals surface area contributed by atoms with Crippen LogP contribution in [0.4, 0.5) is 19.2 Å². The summed E-state index contributed by atoms with van der Waals surface area (Å²) >= 11 is 0. The Balaban J connectivity index is 0.000000564. The first-order valence-electron chi connectivity index (χ1n) is 9.74. The molecule has 0 aromatic heterocycles. The second-order valence-corrected chi connectivity index (χ2v) is 5.98. The van der Waals surface area contributed by atoms with Crippen LogP contribution in [0, 0.1) is 0 Å². The molecule has 0 spiro atoms. The largest absolute Gasteiger partial charge is 0.518 e. The Kier molecular flexibility index (Phi) is 15.7. The number of carboxylic acid groups (broad SMARTS) is 4. The average Bonchev–Trinajstić information content (AvgIpc) is 2.82. The fourth-order valence-corrected chi connectivity index (χ4v) is 1.88. The van der Waals surface area contributed by atoms with Crippen molar-refractivity contribution in [1.29, 1.82) is 0 Å². The molecule has 0 saturated carbocycles. The normalized spacial score (nSPS) is 9.00. The molecule has 0 radical (unpaired) electrons. The van der Waals surface area contributed by atoms with Crippen LogP contribution in [0.1, 0.15) is 33.6 Å². The van der Waals surface area contributed by atoms with Crippen molar-refractivity contribution in [3.63, 3.8) is 0 Å². The SMILES string of the molecule is O=C(O)OC(=O)OCCCCOC(=O)OC(=O)O.O=C(O)c1ccccc1.O=C(O)c1ccccc1. The fourth-order valence-electron chi connectivity index (χ4n) is 1.88. The minimum atomic E-state index is -1.78. The summed E-state index contributed by atoms with van der Waals surface area (Å²) in [5, 5.41) is 32.8. The van der Waals surface area contributed by atoms with Crippen molar-refractivity contribution >= 4 is 36.6 Å². The van der Waals surface area contributed by atoms with E-state index in [0.29, 0.717) is 11.1 Å². The Morgan fingerprint density at radius 3 is 1.06 bits per heavy atom. The van der Waals surface area contributed by atoms with E-state index >= 15 is 0 Å². The number of aromatic carboxylic acids is 2.